The summed E-state index contributed by atoms with van der Waals surface area (Å²) in [5, 5.41) is 25.8. The molecule has 0 aliphatic carbocycles. The van der Waals surface area contributed by atoms with E-state index in [9.17, 15) is 9.90 Å². The van der Waals surface area contributed by atoms with E-state index < -0.39 is 5.97 Å². The van der Waals surface area contributed by atoms with Gasteiger partial charge < -0.3 is 25.0 Å². The Morgan fingerprint density at radius 3 is 2.41 bits per heavy atom. The molecule has 0 fully saturated rings. The van der Waals surface area contributed by atoms with Crippen LogP contribution in [0.1, 0.15) is 16.1 Å². The van der Waals surface area contributed by atoms with E-state index in [2.05, 4.69) is 10.4 Å². The molecule has 8 nitrogen and oxygen atoms in total. The predicted molar refractivity (Wildman–Crippen MR) is 78.7 cm³/mol. The Hall–Kier alpha value is -2.90. The molecule has 3 N–H and O–H groups in total. The number of hydrogen-bond donors (Lipinski definition) is 3. The van der Waals surface area contributed by atoms with Crippen LogP contribution in [-0.2, 0) is 13.6 Å². The van der Waals surface area contributed by atoms with Crippen LogP contribution >= 0.6 is 0 Å². The molecule has 0 atom stereocenters. The van der Waals surface area contributed by atoms with Gasteiger partial charge in [0, 0.05) is 19.8 Å². The number of nitrogens with zero attached hydrogens (tertiary/aromatic N) is 2. The zero-order valence-corrected chi connectivity index (χ0v) is 12.5. The number of benzene rings is 1. The third-order valence-corrected chi connectivity index (χ3v) is 3.05. The van der Waals surface area contributed by atoms with E-state index >= 15 is 0 Å². The summed E-state index contributed by atoms with van der Waals surface area (Å²) < 4.78 is 11.6. The van der Waals surface area contributed by atoms with Gasteiger partial charge in [0.15, 0.2) is 17.2 Å². The number of carboxylic acid groups (broad SMARTS) is 1. The number of carboxylic acids is 1. The zero-order chi connectivity index (χ0) is 16.3. The Labute approximate surface area is 126 Å². The number of rotatable bonds is 6. The van der Waals surface area contributed by atoms with E-state index in [-0.39, 0.29) is 22.9 Å². The van der Waals surface area contributed by atoms with Crippen LogP contribution < -0.4 is 14.8 Å². The van der Waals surface area contributed by atoms with Crippen LogP contribution in [0.5, 0.6) is 17.2 Å². The van der Waals surface area contributed by atoms with Gasteiger partial charge in [0.05, 0.1) is 19.9 Å². The van der Waals surface area contributed by atoms with Gasteiger partial charge in [-0.25, -0.2) is 4.79 Å². The second-order valence-electron chi connectivity index (χ2n) is 4.57. The number of carbonyl (C=O) groups is 1. The lowest BCUT2D eigenvalue weighted by Gasteiger charge is -2.12. The second-order valence-corrected chi connectivity index (χ2v) is 4.57. The Morgan fingerprint density at radius 1 is 1.32 bits per heavy atom. The number of aromatic carboxylic acids is 1. The van der Waals surface area contributed by atoms with Crippen molar-refractivity contribution in [1.82, 2.24) is 9.78 Å². The molecular weight excluding hydrogens is 290 g/mol. The van der Waals surface area contributed by atoms with Gasteiger partial charge in [-0.15, -0.1) is 0 Å². The molecule has 0 spiro atoms. The summed E-state index contributed by atoms with van der Waals surface area (Å²) >= 11 is 0. The third-order valence-electron chi connectivity index (χ3n) is 3.05. The Morgan fingerprint density at radius 2 is 1.91 bits per heavy atom. The summed E-state index contributed by atoms with van der Waals surface area (Å²) in [5.41, 5.74) is 1.10. The van der Waals surface area contributed by atoms with Crippen molar-refractivity contribution in [3.8, 4) is 17.2 Å². The molecule has 0 aliphatic rings. The quantitative estimate of drug-likeness (QED) is 0.741. The lowest BCUT2D eigenvalue weighted by Crippen LogP contribution is -2.06. The van der Waals surface area contributed by atoms with Crippen LogP contribution in [0.25, 0.3) is 0 Å². The standard InChI is InChI=1S/C14H17N3O5/c1-17-7-9(12(16-17)14(19)20)15-6-8-4-10(21-2)13(18)11(5-8)22-3/h4-5,7,15,18H,6H2,1-3H3,(H,19,20). The number of phenolic OH excluding ortho intramolecular Hbond substituents is 1. The minimum Gasteiger partial charge on any atom is -0.502 e. The molecular formula is C14H17N3O5. The van der Waals surface area contributed by atoms with Crippen LogP contribution in [0.15, 0.2) is 18.3 Å². The Kier molecular flexibility index (Phi) is 4.40. The molecule has 1 heterocycles. The van der Waals surface area contributed by atoms with Crippen molar-refractivity contribution in [3.63, 3.8) is 0 Å². The van der Waals surface area contributed by atoms with Gasteiger partial charge in [-0.3, -0.25) is 4.68 Å². The molecule has 0 saturated heterocycles. The number of aromatic hydroxyl groups is 1. The molecule has 0 amide bonds. The first-order valence-electron chi connectivity index (χ1n) is 6.41. The van der Waals surface area contributed by atoms with Crippen molar-refractivity contribution in [1.29, 1.82) is 0 Å². The lowest BCUT2D eigenvalue weighted by molar-refractivity contribution is 0.0690. The van der Waals surface area contributed by atoms with E-state index in [1.54, 1.807) is 25.4 Å². The minimum atomic E-state index is -1.11. The van der Waals surface area contributed by atoms with E-state index in [4.69, 9.17) is 14.6 Å². The molecule has 0 radical (unpaired) electrons. The Bertz CT molecular complexity index is 671. The summed E-state index contributed by atoms with van der Waals surface area (Å²) in [6.07, 6.45) is 1.58. The van der Waals surface area contributed by atoms with Crippen molar-refractivity contribution < 1.29 is 24.5 Å². The lowest BCUT2D eigenvalue weighted by atomic mass is 10.1. The van der Waals surface area contributed by atoms with Crippen LogP contribution in [0.4, 0.5) is 5.69 Å². The van der Waals surface area contributed by atoms with Gasteiger partial charge in [0.25, 0.3) is 0 Å². The number of hydrogen-bond acceptors (Lipinski definition) is 6. The van der Waals surface area contributed by atoms with Crippen molar-refractivity contribution in [3.05, 3.63) is 29.6 Å². The van der Waals surface area contributed by atoms with E-state index in [1.807, 2.05) is 0 Å². The van der Waals surface area contributed by atoms with Crippen LogP contribution in [-0.4, -0.2) is 40.2 Å². The smallest absolute Gasteiger partial charge is 0.358 e. The fourth-order valence-electron chi connectivity index (χ4n) is 2.02. The predicted octanol–water partition coefficient (Wildman–Crippen LogP) is 1.45. The van der Waals surface area contributed by atoms with Gasteiger partial charge in [-0.05, 0) is 17.7 Å². The molecule has 0 aliphatic heterocycles. The highest BCUT2D eigenvalue weighted by molar-refractivity contribution is 5.91. The molecule has 8 heteroatoms. The number of aromatic nitrogens is 2. The summed E-state index contributed by atoms with van der Waals surface area (Å²) in [7, 11) is 4.52. The molecule has 0 bridgehead atoms. The summed E-state index contributed by atoms with van der Waals surface area (Å²) in [4.78, 5) is 11.1. The normalized spacial score (nSPS) is 10.3. The fourth-order valence-corrected chi connectivity index (χ4v) is 2.02. The van der Waals surface area contributed by atoms with Crippen molar-refractivity contribution in [2.75, 3.05) is 19.5 Å². The van der Waals surface area contributed by atoms with Crippen molar-refractivity contribution in [2.24, 2.45) is 7.05 Å². The third kappa shape index (κ3) is 3.05. The van der Waals surface area contributed by atoms with E-state index in [1.165, 1.54) is 18.9 Å². The minimum absolute atomic E-state index is 0.0554. The van der Waals surface area contributed by atoms with Crippen molar-refractivity contribution in [2.45, 2.75) is 6.54 Å². The van der Waals surface area contributed by atoms with E-state index in [0.717, 1.165) is 5.56 Å². The van der Waals surface area contributed by atoms with Gasteiger partial charge in [-0.2, -0.15) is 5.10 Å². The molecule has 118 valence electrons. The summed E-state index contributed by atoms with van der Waals surface area (Å²) in [5.74, 6) is -0.632. The number of anilines is 1. The average molecular weight is 307 g/mol. The number of aryl methyl sites for hydroxylation is 1. The zero-order valence-electron chi connectivity index (χ0n) is 12.5. The highest BCUT2D eigenvalue weighted by Crippen LogP contribution is 2.37. The van der Waals surface area contributed by atoms with Crippen LogP contribution in [0.3, 0.4) is 0 Å². The first-order valence-corrected chi connectivity index (χ1v) is 6.41. The van der Waals surface area contributed by atoms with E-state index in [0.29, 0.717) is 12.2 Å². The summed E-state index contributed by atoms with van der Waals surface area (Å²) in [6.45, 7) is 0.318. The molecule has 2 aromatic rings. The number of nitrogens with one attached hydrogen (secondary N) is 1. The highest BCUT2D eigenvalue weighted by Gasteiger charge is 2.16. The molecule has 0 unspecified atom stereocenters. The highest BCUT2D eigenvalue weighted by atomic mass is 16.5. The maximum Gasteiger partial charge on any atom is 0.358 e. The largest absolute Gasteiger partial charge is 0.502 e. The number of phenols is 1. The van der Waals surface area contributed by atoms with Crippen molar-refractivity contribution >= 4 is 11.7 Å². The monoisotopic (exact) mass is 307 g/mol. The van der Waals surface area contributed by atoms with Gasteiger partial charge in [-0.1, -0.05) is 0 Å². The van der Waals surface area contributed by atoms with Crippen LogP contribution in [0, 0.1) is 0 Å². The maximum absolute atomic E-state index is 11.1. The molecule has 2 rings (SSSR count). The SMILES string of the molecule is COc1cc(CNc2cn(C)nc2C(=O)O)cc(OC)c1O. The average Bonchev–Trinajstić information content (AvgIpc) is 2.87. The van der Waals surface area contributed by atoms with Gasteiger partial charge >= 0.3 is 5.97 Å². The number of methoxy groups -OCH3 is 2. The van der Waals surface area contributed by atoms with Gasteiger partial charge in [0.1, 0.15) is 0 Å². The first kappa shape index (κ1) is 15.5. The summed E-state index contributed by atoms with van der Waals surface area (Å²) in [6, 6.07) is 3.28. The molecule has 0 saturated carbocycles. The number of ether oxygens (including phenoxy) is 2. The Balaban J connectivity index is 2.23. The first-order chi connectivity index (χ1) is 10.5. The second kappa shape index (κ2) is 6.25. The maximum atomic E-state index is 11.1. The topological polar surface area (TPSA) is 106 Å². The van der Waals surface area contributed by atoms with Gasteiger partial charge in [0.2, 0.25) is 5.75 Å². The van der Waals surface area contributed by atoms with Crippen LogP contribution in [0.2, 0.25) is 0 Å². The molecule has 1 aromatic heterocycles. The molecule has 22 heavy (non-hydrogen) atoms. The fraction of sp³-hybridized carbons (Fsp3) is 0.286. The molecule has 1 aromatic carbocycles.